The number of nitrogens with zero attached hydrogens (tertiary/aromatic N) is 1. The molecule has 0 aromatic heterocycles. The van der Waals surface area contributed by atoms with E-state index in [0.717, 1.165) is 30.4 Å². The normalized spacial score (nSPS) is 17.7. The van der Waals surface area contributed by atoms with Crippen LogP contribution in [0.3, 0.4) is 0 Å². The number of rotatable bonds is 5. The van der Waals surface area contributed by atoms with Crippen LogP contribution in [0.2, 0.25) is 0 Å². The fourth-order valence-electron chi connectivity index (χ4n) is 3.53. The smallest absolute Gasteiger partial charge is 0.251 e. The molecule has 1 amide bonds. The Morgan fingerprint density at radius 2 is 1.78 bits per heavy atom. The van der Waals surface area contributed by atoms with Gasteiger partial charge in [0.2, 0.25) is 0 Å². The number of benzene rings is 3. The molecule has 1 aliphatic heterocycles. The third kappa shape index (κ3) is 4.54. The van der Waals surface area contributed by atoms with Crippen molar-refractivity contribution in [2.24, 2.45) is 0 Å². The fourth-order valence-corrected chi connectivity index (χ4v) is 3.53. The first-order valence-electron chi connectivity index (χ1n) is 9.43. The molecule has 1 fully saturated rings. The van der Waals surface area contributed by atoms with Gasteiger partial charge in [-0.3, -0.25) is 9.69 Å². The van der Waals surface area contributed by atoms with Crippen LogP contribution in [0.25, 0.3) is 10.8 Å². The molecule has 0 bridgehead atoms. The Kier molecular flexibility index (Phi) is 5.47. The molecule has 1 N–H and O–H groups in total. The van der Waals surface area contributed by atoms with Crippen LogP contribution in [-0.2, 0) is 11.3 Å². The van der Waals surface area contributed by atoms with E-state index in [9.17, 15) is 4.79 Å². The minimum Gasteiger partial charge on any atom is -0.374 e. The Balaban J connectivity index is 1.32. The molecule has 138 valence electrons. The van der Waals surface area contributed by atoms with Gasteiger partial charge in [-0.1, -0.05) is 60.7 Å². The number of carbonyl (C=O) groups excluding carboxylic acids is 1. The molecule has 0 saturated carbocycles. The van der Waals surface area contributed by atoms with Gasteiger partial charge in [-0.2, -0.15) is 0 Å². The van der Waals surface area contributed by atoms with Crippen LogP contribution in [0.1, 0.15) is 15.9 Å². The molecule has 4 heteroatoms. The quantitative estimate of drug-likeness (QED) is 0.757. The van der Waals surface area contributed by atoms with Gasteiger partial charge < -0.3 is 10.1 Å². The van der Waals surface area contributed by atoms with Gasteiger partial charge in [-0.15, -0.1) is 0 Å². The Bertz CT molecular complexity index is 910. The maximum atomic E-state index is 12.5. The van der Waals surface area contributed by atoms with E-state index in [0.29, 0.717) is 18.7 Å². The summed E-state index contributed by atoms with van der Waals surface area (Å²) in [6, 6.07) is 24.3. The van der Waals surface area contributed by atoms with E-state index in [1.165, 1.54) is 5.56 Å². The van der Waals surface area contributed by atoms with Crippen molar-refractivity contribution in [1.29, 1.82) is 0 Å². The fraction of sp³-hybridized carbons (Fsp3) is 0.261. The van der Waals surface area contributed by atoms with Crippen LogP contribution < -0.4 is 5.32 Å². The zero-order chi connectivity index (χ0) is 18.5. The Hall–Kier alpha value is -2.69. The Morgan fingerprint density at radius 3 is 2.63 bits per heavy atom. The summed E-state index contributed by atoms with van der Waals surface area (Å²) in [5, 5.41) is 5.24. The molecular formula is C23H24N2O2. The number of ether oxygens (including phenoxy) is 1. The lowest BCUT2D eigenvalue weighted by atomic mass is 10.1. The number of nitrogens with one attached hydrogen (secondary N) is 1. The first-order chi connectivity index (χ1) is 13.3. The van der Waals surface area contributed by atoms with E-state index >= 15 is 0 Å². The predicted molar refractivity (Wildman–Crippen MR) is 108 cm³/mol. The van der Waals surface area contributed by atoms with Crippen molar-refractivity contribution in [1.82, 2.24) is 10.2 Å². The molecule has 3 aromatic rings. The molecule has 1 heterocycles. The van der Waals surface area contributed by atoms with Crippen molar-refractivity contribution in [3.05, 3.63) is 83.9 Å². The molecule has 1 aliphatic rings. The van der Waals surface area contributed by atoms with Crippen LogP contribution >= 0.6 is 0 Å². The van der Waals surface area contributed by atoms with Crippen molar-refractivity contribution in [2.45, 2.75) is 12.6 Å². The number of morpholine rings is 1. The van der Waals surface area contributed by atoms with Crippen LogP contribution in [-0.4, -0.2) is 43.2 Å². The summed E-state index contributed by atoms with van der Waals surface area (Å²) in [7, 11) is 0. The molecule has 4 rings (SSSR count). The van der Waals surface area contributed by atoms with E-state index in [1.807, 2.05) is 48.5 Å². The lowest BCUT2D eigenvalue weighted by Crippen LogP contribution is -2.47. The highest BCUT2D eigenvalue weighted by Gasteiger charge is 2.21. The second kappa shape index (κ2) is 8.33. The first-order valence-corrected chi connectivity index (χ1v) is 9.43. The summed E-state index contributed by atoms with van der Waals surface area (Å²) < 4.78 is 5.85. The van der Waals surface area contributed by atoms with E-state index in [1.54, 1.807) is 0 Å². The summed E-state index contributed by atoms with van der Waals surface area (Å²) in [6.07, 6.45) is 0.0202. The molecule has 1 atom stereocenters. The second-order valence-electron chi connectivity index (χ2n) is 6.99. The third-order valence-electron chi connectivity index (χ3n) is 4.97. The number of hydrogen-bond donors (Lipinski definition) is 1. The maximum Gasteiger partial charge on any atom is 0.251 e. The van der Waals surface area contributed by atoms with Crippen molar-refractivity contribution in [3.63, 3.8) is 0 Å². The van der Waals surface area contributed by atoms with Crippen LogP contribution in [0, 0.1) is 0 Å². The molecule has 0 aliphatic carbocycles. The molecule has 3 aromatic carbocycles. The van der Waals surface area contributed by atoms with Crippen LogP contribution in [0.5, 0.6) is 0 Å². The summed E-state index contributed by atoms with van der Waals surface area (Å²) in [5.74, 6) is -0.0514. The number of fused-ring (bicyclic) bond motifs is 1. The van der Waals surface area contributed by atoms with Gasteiger partial charge in [0, 0.05) is 31.7 Å². The highest BCUT2D eigenvalue weighted by molar-refractivity contribution is 5.98. The zero-order valence-corrected chi connectivity index (χ0v) is 15.3. The predicted octanol–water partition coefficient (Wildman–Crippen LogP) is 3.47. The minimum atomic E-state index is -0.0514. The van der Waals surface area contributed by atoms with E-state index in [2.05, 4.69) is 34.5 Å². The standard InChI is InChI=1S/C23H24N2O2/c26-23(21-11-10-19-8-4-5-9-20(19)14-21)24-15-22-17-25(12-13-27-22)16-18-6-2-1-3-7-18/h1-11,14,22H,12-13,15-17H2,(H,24,26)/t22-/m1/s1. The summed E-state index contributed by atoms with van der Waals surface area (Å²) >= 11 is 0. The van der Waals surface area contributed by atoms with Crippen molar-refractivity contribution >= 4 is 16.7 Å². The summed E-state index contributed by atoms with van der Waals surface area (Å²) in [4.78, 5) is 14.9. The molecule has 0 radical (unpaired) electrons. The van der Waals surface area contributed by atoms with Crippen LogP contribution in [0.15, 0.2) is 72.8 Å². The molecule has 0 unspecified atom stereocenters. The van der Waals surface area contributed by atoms with Crippen molar-refractivity contribution in [3.8, 4) is 0 Å². The number of carbonyl (C=O) groups is 1. The highest BCUT2D eigenvalue weighted by Crippen LogP contribution is 2.16. The van der Waals surface area contributed by atoms with Gasteiger partial charge in [0.1, 0.15) is 0 Å². The monoisotopic (exact) mass is 360 g/mol. The minimum absolute atomic E-state index is 0.0202. The van der Waals surface area contributed by atoms with Gasteiger partial charge in [0.25, 0.3) is 5.91 Å². The average Bonchev–Trinajstić information content (AvgIpc) is 2.73. The lowest BCUT2D eigenvalue weighted by Gasteiger charge is -2.33. The molecule has 1 saturated heterocycles. The Morgan fingerprint density at radius 1 is 1.00 bits per heavy atom. The summed E-state index contributed by atoms with van der Waals surface area (Å²) in [5.41, 5.74) is 1.99. The number of amides is 1. The van der Waals surface area contributed by atoms with Gasteiger partial charge in [-0.05, 0) is 28.5 Å². The first kappa shape index (κ1) is 17.7. The highest BCUT2D eigenvalue weighted by atomic mass is 16.5. The molecular weight excluding hydrogens is 336 g/mol. The van der Waals surface area contributed by atoms with Gasteiger partial charge in [0.05, 0.1) is 12.7 Å². The van der Waals surface area contributed by atoms with E-state index in [4.69, 9.17) is 4.74 Å². The SMILES string of the molecule is O=C(NC[C@@H]1CN(Cc2ccccc2)CCO1)c1ccc2ccccc2c1. The van der Waals surface area contributed by atoms with Crippen molar-refractivity contribution < 1.29 is 9.53 Å². The second-order valence-corrected chi connectivity index (χ2v) is 6.99. The lowest BCUT2D eigenvalue weighted by molar-refractivity contribution is -0.0292. The van der Waals surface area contributed by atoms with E-state index < -0.39 is 0 Å². The Labute approximate surface area is 159 Å². The summed E-state index contributed by atoms with van der Waals surface area (Å²) in [6.45, 7) is 3.89. The molecule has 0 spiro atoms. The van der Waals surface area contributed by atoms with Gasteiger partial charge >= 0.3 is 0 Å². The topological polar surface area (TPSA) is 41.6 Å². The third-order valence-corrected chi connectivity index (χ3v) is 4.97. The van der Waals surface area contributed by atoms with Crippen LogP contribution in [0.4, 0.5) is 0 Å². The van der Waals surface area contributed by atoms with Crippen molar-refractivity contribution in [2.75, 3.05) is 26.2 Å². The zero-order valence-electron chi connectivity index (χ0n) is 15.3. The maximum absolute atomic E-state index is 12.5. The van der Waals surface area contributed by atoms with Gasteiger partial charge in [0.15, 0.2) is 0 Å². The molecule has 4 nitrogen and oxygen atoms in total. The molecule has 27 heavy (non-hydrogen) atoms. The average molecular weight is 360 g/mol. The van der Waals surface area contributed by atoms with E-state index in [-0.39, 0.29) is 12.0 Å². The largest absolute Gasteiger partial charge is 0.374 e. The van der Waals surface area contributed by atoms with Gasteiger partial charge in [-0.25, -0.2) is 0 Å². The number of hydrogen-bond acceptors (Lipinski definition) is 3.